The monoisotopic (exact) mass is 392 g/mol. The van der Waals surface area contributed by atoms with E-state index in [2.05, 4.69) is 63.6 Å². The molecule has 0 radical (unpaired) electrons. The van der Waals surface area contributed by atoms with Gasteiger partial charge in [0, 0.05) is 26.2 Å². The smallest absolute Gasteiger partial charge is 0.324 e. The van der Waals surface area contributed by atoms with Crippen molar-refractivity contribution >= 4 is 11.9 Å². The number of benzene rings is 2. The minimum atomic E-state index is -0.815. The minimum Gasteiger partial charge on any atom is -0.324 e. The van der Waals surface area contributed by atoms with E-state index in [0.29, 0.717) is 6.67 Å². The van der Waals surface area contributed by atoms with Crippen molar-refractivity contribution in [1.29, 1.82) is 0 Å². The number of nitrogens with one attached hydrogen (secondary N) is 1. The average Bonchev–Trinajstić information content (AvgIpc) is 2.92. The Balaban J connectivity index is 1.45. The van der Waals surface area contributed by atoms with Crippen LogP contribution in [0.2, 0.25) is 0 Å². The molecule has 0 saturated carbocycles. The zero-order chi connectivity index (χ0) is 20.4. The topological polar surface area (TPSA) is 55.9 Å². The van der Waals surface area contributed by atoms with E-state index in [-0.39, 0.29) is 18.0 Å². The molecule has 152 valence electrons. The number of urea groups is 1. The molecule has 4 rings (SSSR count). The molecule has 0 aromatic heterocycles. The molecule has 3 amide bonds. The van der Waals surface area contributed by atoms with Crippen molar-refractivity contribution in [2.45, 2.75) is 25.4 Å². The molecular weight excluding hydrogens is 364 g/mol. The predicted octanol–water partition coefficient (Wildman–Crippen LogP) is 2.68. The van der Waals surface area contributed by atoms with Crippen molar-refractivity contribution in [3.8, 4) is 0 Å². The molecular formula is C23H28N4O2. The summed E-state index contributed by atoms with van der Waals surface area (Å²) in [6, 6.07) is 21.1. The first kappa shape index (κ1) is 19.6. The fourth-order valence-corrected chi connectivity index (χ4v) is 4.19. The summed E-state index contributed by atoms with van der Waals surface area (Å²) in [5, 5.41) is 2.75. The van der Waals surface area contributed by atoms with Crippen LogP contribution in [0.1, 0.15) is 31.0 Å². The molecule has 0 spiro atoms. The van der Waals surface area contributed by atoms with Gasteiger partial charge in [-0.15, -0.1) is 0 Å². The van der Waals surface area contributed by atoms with Gasteiger partial charge in [-0.2, -0.15) is 0 Å². The number of carbonyl (C=O) groups is 2. The van der Waals surface area contributed by atoms with Crippen LogP contribution in [0.15, 0.2) is 60.7 Å². The minimum absolute atomic E-state index is 0.156. The Bertz CT molecular complexity index is 821. The summed E-state index contributed by atoms with van der Waals surface area (Å²) in [5.41, 5.74) is 1.75. The second-order valence-corrected chi connectivity index (χ2v) is 8.31. The molecule has 0 bridgehead atoms. The number of piperazine rings is 1. The number of rotatable bonds is 5. The molecule has 1 N–H and O–H groups in total. The molecule has 2 aliphatic rings. The molecule has 0 aliphatic carbocycles. The van der Waals surface area contributed by atoms with Crippen LogP contribution in [0.25, 0.3) is 0 Å². The molecule has 2 aromatic carbocycles. The molecule has 6 nitrogen and oxygen atoms in total. The Hall–Kier alpha value is -2.70. The fourth-order valence-electron chi connectivity index (χ4n) is 4.19. The molecule has 2 aliphatic heterocycles. The Morgan fingerprint density at radius 2 is 1.38 bits per heavy atom. The Morgan fingerprint density at radius 3 is 1.83 bits per heavy atom. The number of carbonyl (C=O) groups excluding carboxylic acids is 2. The number of amides is 3. The predicted molar refractivity (Wildman–Crippen MR) is 112 cm³/mol. The first-order valence-electron chi connectivity index (χ1n) is 10.2. The van der Waals surface area contributed by atoms with Gasteiger partial charge in [-0.05, 0) is 25.0 Å². The first-order valence-corrected chi connectivity index (χ1v) is 10.2. The van der Waals surface area contributed by atoms with Crippen molar-refractivity contribution in [3.05, 3.63) is 71.8 Å². The van der Waals surface area contributed by atoms with Crippen LogP contribution < -0.4 is 5.32 Å². The van der Waals surface area contributed by atoms with Gasteiger partial charge in [-0.25, -0.2) is 9.69 Å². The van der Waals surface area contributed by atoms with E-state index in [4.69, 9.17) is 0 Å². The molecule has 6 heteroatoms. The molecule has 0 atom stereocenters. The van der Waals surface area contributed by atoms with E-state index in [9.17, 15) is 9.59 Å². The van der Waals surface area contributed by atoms with Gasteiger partial charge >= 0.3 is 6.03 Å². The Kier molecular flexibility index (Phi) is 5.39. The van der Waals surface area contributed by atoms with Gasteiger partial charge in [-0.3, -0.25) is 14.6 Å². The highest BCUT2D eigenvalue weighted by molar-refractivity contribution is 6.06. The van der Waals surface area contributed by atoms with E-state index in [0.717, 1.165) is 26.2 Å². The highest BCUT2D eigenvalue weighted by Gasteiger charge is 2.44. The maximum Gasteiger partial charge on any atom is 0.326 e. The summed E-state index contributed by atoms with van der Waals surface area (Å²) in [6.45, 7) is 7.22. The zero-order valence-corrected chi connectivity index (χ0v) is 17.0. The van der Waals surface area contributed by atoms with Crippen LogP contribution in [0.4, 0.5) is 4.79 Å². The van der Waals surface area contributed by atoms with Crippen LogP contribution in [0, 0.1) is 0 Å². The van der Waals surface area contributed by atoms with E-state index >= 15 is 0 Å². The molecule has 29 heavy (non-hydrogen) atoms. The Morgan fingerprint density at radius 1 is 0.862 bits per heavy atom. The average molecular weight is 393 g/mol. The van der Waals surface area contributed by atoms with Crippen molar-refractivity contribution in [1.82, 2.24) is 20.0 Å². The van der Waals surface area contributed by atoms with Crippen molar-refractivity contribution < 1.29 is 9.59 Å². The van der Waals surface area contributed by atoms with Crippen LogP contribution >= 0.6 is 0 Å². The highest BCUT2D eigenvalue weighted by Crippen LogP contribution is 2.29. The summed E-state index contributed by atoms with van der Waals surface area (Å²) in [5.74, 6) is -0.156. The molecule has 2 aromatic rings. The van der Waals surface area contributed by atoms with Gasteiger partial charge in [0.25, 0.3) is 5.91 Å². The van der Waals surface area contributed by atoms with Crippen LogP contribution in [0.5, 0.6) is 0 Å². The van der Waals surface area contributed by atoms with Gasteiger partial charge in [0.1, 0.15) is 5.54 Å². The van der Waals surface area contributed by atoms with Crippen LogP contribution in [0.3, 0.4) is 0 Å². The van der Waals surface area contributed by atoms with E-state index in [1.165, 1.54) is 16.0 Å². The summed E-state index contributed by atoms with van der Waals surface area (Å²) >= 11 is 0. The number of imide groups is 1. The van der Waals surface area contributed by atoms with Crippen LogP contribution in [-0.2, 0) is 4.79 Å². The summed E-state index contributed by atoms with van der Waals surface area (Å²) in [4.78, 5) is 30.6. The van der Waals surface area contributed by atoms with Crippen molar-refractivity contribution in [3.63, 3.8) is 0 Å². The second-order valence-electron chi connectivity index (χ2n) is 8.31. The van der Waals surface area contributed by atoms with Gasteiger partial charge in [0.05, 0.1) is 12.7 Å². The molecule has 0 unspecified atom stereocenters. The third-order valence-electron chi connectivity index (χ3n) is 5.79. The normalized spacial score (nSPS) is 20.3. The number of hydrogen-bond acceptors (Lipinski definition) is 4. The third kappa shape index (κ3) is 4.04. The Labute approximate surface area is 172 Å². The lowest BCUT2D eigenvalue weighted by atomic mass is 9.96. The number of hydrogen-bond donors (Lipinski definition) is 1. The lowest BCUT2D eigenvalue weighted by Crippen LogP contribution is -2.52. The molecule has 2 fully saturated rings. The molecule has 2 heterocycles. The summed E-state index contributed by atoms with van der Waals surface area (Å²) in [7, 11) is 0. The third-order valence-corrected chi connectivity index (χ3v) is 5.79. The van der Waals surface area contributed by atoms with E-state index in [1.807, 2.05) is 12.1 Å². The quantitative estimate of drug-likeness (QED) is 0.795. The van der Waals surface area contributed by atoms with E-state index < -0.39 is 5.54 Å². The molecule has 2 saturated heterocycles. The van der Waals surface area contributed by atoms with Gasteiger partial charge in [-0.1, -0.05) is 60.7 Å². The fraction of sp³-hybridized carbons (Fsp3) is 0.391. The van der Waals surface area contributed by atoms with Crippen molar-refractivity contribution in [2.75, 3.05) is 32.8 Å². The summed E-state index contributed by atoms with van der Waals surface area (Å²) in [6.07, 6.45) is 0. The summed E-state index contributed by atoms with van der Waals surface area (Å²) < 4.78 is 0. The van der Waals surface area contributed by atoms with Crippen molar-refractivity contribution in [2.24, 2.45) is 0 Å². The van der Waals surface area contributed by atoms with Crippen LogP contribution in [-0.4, -0.2) is 65.0 Å². The largest absolute Gasteiger partial charge is 0.326 e. The maximum absolute atomic E-state index is 12.5. The maximum atomic E-state index is 12.5. The van der Waals surface area contributed by atoms with Gasteiger partial charge < -0.3 is 5.32 Å². The zero-order valence-electron chi connectivity index (χ0n) is 17.0. The highest BCUT2D eigenvalue weighted by atomic mass is 16.2. The van der Waals surface area contributed by atoms with Gasteiger partial charge in [0.2, 0.25) is 0 Å². The second kappa shape index (κ2) is 7.97. The standard InChI is InChI=1S/C23H28N4O2/c1-23(2)21(28)27(22(29)24-23)17-25-13-15-26(16-14-25)20(18-9-5-3-6-10-18)19-11-7-4-8-12-19/h3-12,20H,13-17H2,1-2H3,(H,24,29). The lowest BCUT2D eigenvalue weighted by Gasteiger charge is -2.40. The number of nitrogens with zero attached hydrogens (tertiary/aromatic N) is 3. The van der Waals surface area contributed by atoms with Gasteiger partial charge in [0.15, 0.2) is 0 Å². The first-order chi connectivity index (χ1) is 14.0. The van der Waals surface area contributed by atoms with E-state index in [1.54, 1.807) is 13.8 Å². The lowest BCUT2D eigenvalue weighted by molar-refractivity contribution is -0.132. The SMILES string of the molecule is CC1(C)NC(=O)N(CN2CCN(C(c3ccccc3)c3ccccc3)CC2)C1=O.